The van der Waals surface area contributed by atoms with Crippen LogP contribution in [0.3, 0.4) is 0 Å². The molecule has 0 saturated heterocycles. The number of hydrogen-bond donors (Lipinski definition) is 10. The summed E-state index contributed by atoms with van der Waals surface area (Å²) in [7, 11) is 0. The number of nitrogens with zero attached hydrogens (tertiary/aromatic N) is 2. The summed E-state index contributed by atoms with van der Waals surface area (Å²) in [5.74, 6) is -6.72. The minimum atomic E-state index is -1.73. The molecule has 0 saturated carbocycles. The molecule has 20 nitrogen and oxygen atoms in total. The first-order valence-corrected chi connectivity index (χ1v) is 15.7. The molecule has 0 fully saturated rings. The maximum atomic E-state index is 13.4. The maximum absolute atomic E-state index is 13.4. The molecule has 0 aromatic carbocycles. The van der Waals surface area contributed by atoms with Crippen LogP contribution in [0.25, 0.3) is 0 Å². The van der Waals surface area contributed by atoms with Crippen LogP contribution in [0.15, 0.2) is 4.99 Å². The van der Waals surface area contributed by atoms with Crippen LogP contribution in [-0.4, -0.2) is 124 Å². The lowest BCUT2D eigenvalue weighted by molar-refractivity contribution is -0.151. The van der Waals surface area contributed by atoms with E-state index in [-0.39, 0.29) is 44.1 Å². The third kappa shape index (κ3) is 16.3. The van der Waals surface area contributed by atoms with Gasteiger partial charge in [-0.05, 0) is 45.4 Å². The first-order valence-electron chi connectivity index (χ1n) is 15.7. The number of primary amides is 1. The summed E-state index contributed by atoms with van der Waals surface area (Å²) < 4.78 is 0. The van der Waals surface area contributed by atoms with Gasteiger partial charge in [0.1, 0.15) is 30.5 Å². The van der Waals surface area contributed by atoms with Gasteiger partial charge >= 0.3 is 0 Å². The zero-order valence-corrected chi connectivity index (χ0v) is 28.5. The van der Waals surface area contributed by atoms with Crippen molar-refractivity contribution in [1.29, 1.82) is 0 Å². The first kappa shape index (κ1) is 44.3. The number of aldehydes is 1. The number of amides is 7. The van der Waals surface area contributed by atoms with E-state index in [4.69, 9.17) is 22.9 Å². The molecule has 7 amide bonds. The summed E-state index contributed by atoms with van der Waals surface area (Å²) in [4.78, 5) is 105. The highest BCUT2D eigenvalue weighted by atomic mass is 16.3. The van der Waals surface area contributed by atoms with Crippen LogP contribution in [0.1, 0.15) is 66.7 Å². The van der Waals surface area contributed by atoms with E-state index in [2.05, 4.69) is 26.3 Å². The van der Waals surface area contributed by atoms with Crippen LogP contribution in [0.4, 0.5) is 0 Å². The Bertz CT molecular complexity index is 1210. The van der Waals surface area contributed by atoms with Crippen LogP contribution in [-0.2, 0) is 38.4 Å². The highest BCUT2D eigenvalue weighted by Crippen LogP contribution is 2.09. The minimum Gasteiger partial charge on any atom is -0.394 e. The van der Waals surface area contributed by atoms with Gasteiger partial charge < -0.3 is 59.2 Å². The van der Waals surface area contributed by atoms with Crippen molar-refractivity contribution >= 4 is 53.6 Å². The second-order valence-corrected chi connectivity index (χ2v) is 11.9. The van der Waals surface area contributed by atoms with Crippen molar-refractivity contribution < 1.29 is 48.6 Å². The highest BCUT2D eigenvalue weighted by Gasteiger charge is 2.36. The fourth-order valence-electron chi connectivity index (χ4n) is 4.44. The Morgan fingerprint density at radius 1 is 0.816 bits per heavy atom. The number of aliphatic hydroxyl groups is 2. The average Bonchev–Trinajstić information content (AvgIpc) is 3.00. The van der Waals surface area contributed by atoms with Gasteiger partial charge in [-0.15, -0.1) is 0 Å². The van der Waals surface area contributed by atoms with E-state index >= 15 is 0 Å². The number of carbonyl (C=O) groups excluding carboxylic acids is 8. The predicted octanol–water partition coefficient (Wildman–Crippen LogP) is -5.05. The van der Waals surface area contributed by atoms with Crippen LogP contribution >= 0.6 is 0 Å². The van der Waals surface area contributed by atoms with Crippen LogP contribution in [0.2, 0.25) is 0 Å². The lowest BCUT2D eigenvalue weighted by Crippen LogP contribution is -2.62. The molecular weight excluding hydrogens is 648 g/mol. The van der Waals surface area contributed by atoms with Crippen molar-refractivity contribution in [3.8, 4) is 0 Å². The molecule has 0 spiro atoms. The SMILES string of the molecule is CC(=O)N(C(=O)[C@H](CO)NC(=O)[C@@H](NC(=O)[C@H](CC(C)C)NC(=O)[C@H](CCC(N)=O)NC(=O)[C@@H](N)CCCN=C(N)N)[C@@H](C)O)[C@H](C)C=O. The summed E-state index contributed by atoms with van der Waals surface area (Å²) in [5.41, 5.74) is 21.7. The van der Waals surface area contributed by atoms with E-state index in [9.17, 15) is 48.6 Å². The quantitative estimate of drug-likeness (QED) is 0.0219. The standard InChI is InChI=1S/C29H52N10O10/c1-14(2)11-20(36-25(46)19(8-9-22(31)44)35-24(45)18(30)7-6-10-34-29(32)33)26(47)38-23(16(4)42)27(48)37-21(13-41)28(49)39(17(5)43)15(3)12-40/h12,14-16,18-21,23,41-42H,6-11,13,30H2,1-5H3,(H2,31,44)(H,35,45)(H,36,46)(H,37,48)(H,38,47)(H4,32,33,34)/t15-,16-,18+,19+,20+,21+,23+/m1/s1. The van der Waals surface area contributed by atoms with E-state index in [1.54, 1.807) is 13.8 Å². The summed E-state index contributed by atoms with van der Waals surface area (Å²) in [6.45, 7) is 6.09. The van der Waals surface area contributed by atoms with Crippen molar-refractivity contribution in [2.24, 2.45) is 33.8 Å². The smallest absolute Gasteiger partial charge is 0.254 e. The number of nitrogens with one attached hydrogen (secondary N) is 4. The van der Waals surface area contributed by atoms with Crippen molar-refractivity contribution in [1.82, 2.24) is 26.2 Å². The molecule has 0 rings (SSSR count). The zero-order valence-electron chi connectivity index (χ0n) is 28.5. The van der Waals surface area contributed by atoms with Gasteiger partial charge in [-0.25, -0.2) is 0 Å². The monoisotopic (exact) mass is 700 g/mol. The molecule has 14 N–H and O–H groups in total. The van der Waals surface area contributed by atoms with E-state index in [1.807, 2.05) is 0 Å². The Balaban J connectivity index is 5.98. The van der Waals surface area contributed by atoms with Crippen molar-refractivity contribution in [3.05, 3.63) is 0 Å². The lowest BCUT2D eigenvalue weighted by atomic mass is 10.0. The number of guanidine groups is 1. The minimum absolute atomic E-state index is 0.0153. The molecule has 7 atom stereocenters. The molecule has 0 radical (unpaired) electrons. The van der Waals surface area contributed by atoms with Crippen LogP contribution in [0, 0.1) is 5.92 Å². The van der Waals surface area contributed by atoms with E-state index < -0.39 is 90.3 Å². The summed E-state index contributed by atoms with van der Waals surface area (Å²) >= 11 is 0. The second kappa shape index (κ2) is 22.0. The van der Waals surface area contributed by atoms with Gasteiger partial charge in [0.15, 0.2) is 5.96 Å². The molecule has 0 bridgehead atoms. The molecule has 0 aliphatic heterocycles. The van der Waals surface area contributed by atoms with E-state index in [0.29, 0.717) is 17.6 Å². The van der Waals surface area contributed by atoms with Gasteiger partial charge in [-0.2, -0.15) is 0 Å². The van der Waals surface area contributed by atoms with Gasteiger partial charge in [0.25, 0.3) is 5.91 Å². The third-order valence-electron chi connectivity index (χ3n) is 7.00. The zero-order chi connectivity index (χ0) is 38.0. The van der Waals surface area contributed by atoms with Gasteiger partial charge in [0, 0.05) is 19.9 Å². The topological polar surface area (TPSA) is 345 Å². The van der Waals surface area contributed by atoms with Crippen molar-refractivity contribution in [2.45, 2.75) is 109 Å². The fourth-order valence-corrected chi connectivity index (χ4v) is 4.44. The van der Waals surface area contributed by atoms with Gasteiger partial charge in [-0.1, -0.05) is 13.8 Å². The molecule has 0 heterocycles. The molecule has 0 unspecified atom stereocenters. The van der Waals surface area contributed by atoms with Crippen molar-refractivity contribution in [2.75, 3.05) is 13.2 Å². The molecule has 0 aliphatic carbocycles. The molecule has 20 heteroatoms. The van der Waals surface area contributed by atoms with Gasteiger partial charge in [0.05, 0.1) is 24.8 Å². The summed E-state index contributed by atoms with van der Waals surface area (Å²) in [5, 5.41) is 29.5. The maximum Gasteiger partial charge on any atom is 0.254 e. The fraction of sp³-hybridized carbons (Fsp3) is 0.690. The van der Waals surface area contributed by atoms with Gasteiger partial charge in [0.2, 0.25) is 35.4 Å². The number of aliphatic imine (C=N–C) groups is 1. The van der Waals surface area contributed by atoms with Gasteiger partial charge in [-0.3, -0.25) is 43.5 Å². The molecule has 49 heavy (non-hydrogen) atoms. The number of carbonyl (C=O) groups is 8. The lowest BCUT2D eigenvalue weighted by Gasteiger charge is -2.30. The Labute approximate surface area is 284 Å². The molecule has 0 aliphatic rings. The summed E-state index contributed by atoms with van der Waals surface area (Å²) in [6, 6.07) is -8.42. The molecule has 0 aromatic rings. The Morgan fingerprint density at radius 3 is 1.84 bits per heavy atom. The number of nitrogens with two attached hydrogens (primary N) is 4. The predicted molar refractivity (Wildman–Crippen MR) is 175 cm³/mol. The third-order valence-corrected chi connectivity index (χ3v) is 7.00. The average molecular weight is 701 g/mol. The first-order chi connectivity index (χ1) is 22.8. The normalized spacial score (nSPS) is 15.2. The number of hydrogen-bond acceptors (Lipinski definition) is 12. The molecular formula is C29H52N10O10. The van der Waals surface area contributed by atoms with Crippen LogP contribution in [0.5, 0.6) is 0 Å². The summed E-state index contributed by atoms with van der Waals surface area (Å²) in [6.07, 6.45) is -1.28. The number of imide groups is 1. The molecule has 278 valence electrons. The number of rotatable bonds is 22. The molecule has 0 aromatic heterocycles. The van der Waals surface area contributed by atoms with E-state index in [0.717, 1.165) is 13.8 Å². The second-order valence-electron chi connectivity index (χ2n) is 11.9. The number of aliphatic hydroxyl groups excluding tert-OH is 2. The largest absolute Gasteiger partial charge is 0.394 e. The van der Waals surface area contributed by atoms with Crippen molar-refractivity contribution in [3.63, 3.8) is 0 Å². The van der Waals surface area contributed by atoms with E-state index in [1.165, 1.54) is 6.92 Å². The Morgan fingerprint density at radius 2 is 1.37 bits per heavy atom. The Kier molecular flexibility index (Phi) is 19.9. The van der Waals surface area contributed by atoms with Crippen LogP contribution < -0.4 is 44.2 Å². The Hall–Kier alpha value is -4.69. The highest BCUT2D eigenvalue weighted by molar-refractivity contribution is 6.01.